The molecule has 24 heavy (non-hydrogen) atoms. The van der Waals surface area contributed by atoms with Crippen LogP contribution in [0, 0.1) is 0 Å². The Balaban J connectivity index is -0.000000667. The van der Waals surface area contributed by atoms with Crippen molar-refractivity contribution < 1.29 is 51.5 Å². The van der Waals surface area contributed by atoms with E-state index in [-0.39, 0.29) is 56.4 Å². The van der Waals surface area contributed by atoms with Gasteiger partial charge in [-0.3, -0.25) is 0 Å². The van der Waals surface area contributed by atoms with Gasteiger partial charge in [0.1, 0.15) is 0 Å². The first-order chi connectivity index (χ1) is 10.3. The maximum absolute atomic E-state index is 8.97. The van der Waals surface area contributed by atoms with Crippen LogP contribution in [0.5, 0.6) is 0 Å². The van der Waals surface area contributed by atoms with E-state index in [1.54, 1.807) is 0 Å². The molecule has 147 valence electrons. The molecule has 1 radical (unpaired) electrons. The Hall–Kier alpha value is 1.97. The van der Waals surface area contributed by atoms with Crippen molar-refractivity contribution in [2.24, 2.45) is 0 Å². The first kappa shape index (κ1) is 33.5. The van der Waals surface area contributed by atoms with Gasteiger partial charge in [0.25, 0.3) is 0 Å². The molecule has 0 bridgehead atoms. The summed E-state index contributed by atoms with van der Waals surface area (Å²) in [6.07, 6.45) is 5.98. The van der Waals surface area contributed by atoms with Crippen LogP contribution < -0.4 is 0 Å². The predicted octanol–water partition coefficient (Wildman–Crippen LogP) is 2.15. The Morgan fingerprint density at radius 2 is 0.833 bits per heavy atom. The smallest absolute Gasteiger partial charge is 2.00 e. The number of thioether (sulfide) groups is 2. The van der Waals surface area contributed by atoms with Crippen molar-refractivity contribution >= 4 is 39.4 Å². The van der Waals surface area contributed by atoms with Crippen LogP contribution in [0.15, 0.2) is 0 Å². The van der Waals surface area contributed by atoms with Gasteiger partial charge in [-0.2, -0.15) is 23.5 Å². The summed E-state index contributed by atoms with van der Waals surface area (Å²) in [4.78, 5) is 0. The molecule has 0 saturated heterocycles. The quantitative estimate of drug-likeness (QED) is 0.187. The zero-order valence-corrected chi connectivity index (χ0v) is 19.2. The SMILES string of the molecule is OCP(CO)CCCSCCCSCCCP(CO)CO.[O-2].[O-2].[Tc+4]. The van der Waals surface area contributed by atoms with Crippen molar-refractivity contribution in [2.45, 2.75) is 19.3 Å². The van der Waals surface area contributed by atoms with Crippen LogP contribution in [-0.4, -0.2) is 81.2 Å². The van der Waals surface area contributed by atoms with Crippen LogP contribution in [0.1, 0.15) is 19.3 Å². The zero-order valence-electron chi connectivity index (χ0n) is 13.9. The molecule has 0 heterocycles. The van der Waals surface area contributed by atoms with Crippen molar-refractivity contribution in [1.29, 1.82) is 0 Å². The maximum atomic E-state index is 8.97. The average molecular weight is 506 g/mol. The first-order valence-electron chi connectivity index (χ1n) is 7.32. The normalized spacial score (nSPS) is 10.2. The van der Waals surface area contributed by atoms with Gasteiger partial charge in [0.2, 0.25) is 0 Å². The van der Waals surface area contributed by atoms with Crippen LogP contribution in [0.2, 0.25) is 0 Å². The molecule has 0 unspecified atom stereocenters. The zero-order chi connectivity index (χ0) is 15.8. The Labute approximate surface area is 170 Å². The number of aliphatic hydroxyl groups excluding tert-OH is 4. The van der Waals surface area contributed by atoms with Gasteiger partial charge in [0.15, 0.2) is 0 Å². The van der Waals surface area contributed by atoms with E-state index in [9.17, 15) is 0 Å². The summed E-state index contributed by atoms with van der Waals surface area (Å²) in [6.45, 7) is 0. The van der Waals surface area contributed by atoms with Crippen molar-refractivity contribution in [1.82, 2.24) is 0 Å². The van der Waals surface area contributed by atoms with E-state index in [0.717, 1.165) is 36.7 Å². The van der Waals surface area contributed by atoms with Gasteiger partial charge in [-0.05, 0) is 54.6 Å². The molecule has 0 fully saturated rings. The molecule has 0 aromatic rings. The van der Waals surface area contributed by atoms with E-state index in [0.29, 0.717) is 0 Å². The van der Waals surface area contributed by atoms with E-state index < -0.39 is 15.8 Å². The molecule has 11 heteroatoms. The molecule has 0 spiro atoms. The number of hydrogen-bond acceptors (Lipinski definition) is 6. The van der Waals surface area contributed by atoms with Crippen molar-refractivity contribution in [3.05, 3.63) is 0 Å². The molecule has 6 nitrogen and oxygen atoms in total. The summed E-state index contributed by atoms with van der Waals surface area (Å²) in [6, 6.07) is 0. The second kappa shape index (κ2) is 27.2. The summed E-state index contributed by atoms with van der Waals surface area (Å²) in [5.74, 6) is 4.62. The molecule has 0 aliphatic heterocycles. The van der Waals surface area contributed by atoms with Crippen molar-refractivity contribution in [2.75, 3.05) is 60.7 Å². The fourth-order valence-corrected chi connectivity index (χ4v) is 5.99. The minimum absolute atomic E-state index is 0. The molecule has 0 saturated carbocycles. The standard InChI is InChI=1S/C13H30O4P2S2.2O.Tc/c14-10-18(11-15)4-1-6-20-8-3-9-21-7-2-5-19(12-16)13-17;;;/h14-17H,1-13H2;;;/q;2*-2;+4. The molecular formula is C13H30O6P2S2Tc. The average Bonchev–Trinajstić information content (AvgIpc) is 2.52. The minimum Gasteiger partial charge on any atom is -2.00 e. The molecule has 0 aliphatic carbocycles. The van der Waals surface area contributed by atoms with E-state index in [1.165, 1.54) is 17.9 Å². The van der Waals surface area contributed by atoms with E-state index >= 15 is 0 Å². The summed E-state index contributed by atoms with van der Waals surface area (Å²) in [5, 5.41) is 35.9. The van der Waals surface area contributed by atoms with E-state index in [2.05, 4.69) is 0 Å². The summed E-state index contributed by atoms with van der Waals surface area (Å²) < 4.78 is 0. The third-order valence-electron chi connectivity index (χ3n) is 2.90. The topological polar surface area (TPSA) is 138 Å². The van der Waals surface area contributed by atoms with Crippen LogP contribution >= 0.6 is 39.4 Å². The molecule has 0 aromatic carbocycles. The second-order valence-corrected chi connectivity index (χ2v) is 11.8. The number of hydrogen-bond donors (Lipinski definition) is 4. The Morgan fingerprint density at radius 3 is 1.12 bits per heavy atom. The van der Waals surface area contributed by atoms with Gasteiger partial charge in [-0.25, -0.2) is 0 Å². The number of aliphatic hydroxyl groups is 4. The molecule has 0 rings (SSSR count). The van der Waals surface area contributed by atoms with Gasteiger partial charge < -0.3 is 31.4 Å². The Kier molecular flexibility index (Phi) is 38.0. The second-order valence-electron chi connectivity index (χ2n) is 4.64. The predicted molar refractivity (Wildman–Crippen MR) is 102 cm³/mol. The summed E-state index contributed by atoms with van der Waals surface area (Å²) >= 11 is 3.93. The first-order valence-corrected chi connectivity index (χ1v) is 13.4. The fourth-order valence-electron chi connectivity index (χ4n) is 1.62. The monoisotopic (exact) mass is 505 g/mol. The molecular weight excluding hydrogens is 476 g/mol. The van der Waals surface area contributed by atoms with E-state index in [4.69, 9.17) is 20.4 Å². The number of rotatable bonds is 16. The van der Waals surface area contributed by atoms with Crippen molar-refractivity contribution in [3.63, 3.8) is 0 Å². The summed E-state index contributed by atoms with van der Waals surface area (Å²) in [5.41, 5.74) is 0. The molecule has 0 atom stereocenters. The fraction of sp³-hybridized carbons (Fsp3) is 1.00. The maximum Gasteiger partial charge on any atom is 4.00 e. The van der Waals surface area contributed by atoms with Gasteiger partial charge in [-0.1, -0.05) is 15.8 Å². The van der Waals surface area contributed by atoms with E-state index in [1.807, 2.05) is 23.5 Å². The Morgan fingerprint density at radius 1 is 0.542 bits per heavy atom. The third kappa shape index (κ3) is 22.0. The molecule has 0 amide bonds. The summed E-state index contributed by atoms with van der Waals surface area (Å²) in [7, 11) is -1.08. The molecule has 0 aliphatic rings. The van der Waals surface area contributed by atoms with Gasteiger partial charge in [-0.15, -0.1) is 0 Å². The van der Waals surface area contributed by atoms with Crippen LogP contribution in [0.25, 0.3) is 0 Å². The van der Waals surface area contributed by atoms with Crippen LogP contribution in [0.4, 0.5) is 0 Å². The van der Waals surface area contributed by atoms with Crippen molar-refractivity contribution in [3.8, 4) is 0 Å². The largest absolute Gasteiger partial charge is 4.00 e. The van der Waals surface area contributed by atoms with Gasteiger partial charge in [0, 0.05) is 0 Å². The van der Waals surface area contributed by atoms with Gasteiger partial charge >= 0.3 is 20.1 Å². The van der Waals surface area contributed by atoms with Gasteiger partial charge in [0.05, 0.1) is 25.4 Å². The Bertz CT molecular complexity index is 199. The minimum atomic E-state index is -0.540. The molecule has 4 N–H and O–H groups in total. The van der Waals surface area contributed by atoms with Crippen LogP contribution in [-0.2, 0) is 31.1 Å². The van der Waals surface area contributed by atoms with Crippen LogP contribution in [0.3, 0.4) is 0 Å². The molecule has 0 aromatic heterocycles. The third-order valence-corrected chi connectivity index (χ3v) is 8.71.